The van der Waals surface area contributed by atoms with Crippen molar-refractivity contribution in [1.29, 1.82) is 0 Å². The average molecular weight is 251 g/mol. The lowest BCUT2D eigenvalue weighted by molar-refractivity contribution is -0.128. The van der Waals surface area contributed by atoms with Crippen molar-refractivity contribution in [3.05, 3.63) is 18.0 Å². The Labute approximate surface area is 110 Å². The van der Waals surface area contributed by atoms with Crippen LogP contribution in [0.25, 0.3) is 0 Å². The van der Waals surface area contributed by atoms with Crippen LogP contribution in [0.4, 0.5) is 0 Å². The fourth-order valence-corrected chi connectivity index (χ4v) is 2.26. The summed E-state index contributed by atoms with van der Waals surface area (Å²) in [5, 5.41) is 4.21. The van der Waals surface area contributed by atoms with Gasteiger partial charge >= 0.3 is 0 Å². The Morgan fingerprint density at radius 3 is 2.39 bits per heavy atom. The van der Waals surface area contributed by atoms with E-state index in [1.807, 2.05) is 31.6 Å². The summed E-state index contributed by atoms with van der Waals surface area (Å²) in [6.45, 7) is 12.9. The molecule has 18 heavy (non-hydrogen) atoms. The Morgan fingerprint density at radius 1 is 1.33 bits per heavy atom. The SMILES string of the molecule is CCN(CC)C(C)(C)C(=O)Cc1cnn(CC)c1. The number of ketones is 1. The van der Waals surface area contributed by atoms with E-state index in [4.69, 9.17) is 0 Å². The highest BCUT2D eigenvalue weighted by Crippen LogP contribution is 2.17. The third-order valence-electron chi connectivity index (χ3n) is 3.61. The standard InChI is InChI=1S/C14H25N3O/c1-6-16(7-2)14(4,5)13(18)9-12-10-15-17(8-3)11-12/h10-11H,6-9H2,1-5H3. The number of hydrogen-bond acceptors (Lipinski definition) is 3. The maximum Gasteiger partial charge on any atom is 0.156 e. The second kappa shape index (κ2) is 6.14. The van der Waals surface area contributed by atoms with Gasteiger partial charge in [0, 0.05) is 19.2 Å². The molecule has 1 heterocycles. The zero-order valence-electron chi connectivity index (χ0n) is 12.2. The normalized spacial score (nSPS) is 12.1. The van der Waals surface area contributed by atoms with E-state index in [-0.39, 0.29) is 5.78 Å². The summed E-state index contributed by atoms with van der Waals surface area (Å²) >= 11 is 0. The van der Waals surface area contributed by atoms with Crippen molar-refractivity contribution in [1.82, 2.24) is 14.7 Å². The highest BCUT2D eigenvalue weighted by Gasteiger charge is 2.32. The van der Waals surface area contributed by atoms with E-state index in [1.165, 1.54) is 0 Å². The summed E-state index contributed by atoms with van der Waals surface area (Å²) in [6.07, 6.45) is 4.21. The lowest BCUT2D eigenvalue weighted by Crippen LogP contribution is -2.50. The third kappa shape index (κ3) is 3.19. The summed E-state index contributed by atoms with van der Waals surface area (Å²) in [6, 6.07) is 0. The molecule has 0 amide bonds. The highest BCUT2D eigenvalue weighted by molar-refractivity contribution is 5.89. The number of aryl methyl sites for hydroxylation is 1. The van der Waals surface area contributed by atoms with Crippen molar-refractivity contribution in [2.45, 2.75) is 53.1 Å². The maximum absolute atomic E-state index is 12.4. The van der Waals surface area contributed by atoms with Crippen molar-refractivity contribution in [2.75, 3.05) is 13.1 Å². The minimum atomic E-state index is -0.405. The zero-order valence-corrected chi connectivity index (χ0v) is 12.2. The van der Waals surface area contributed by atoms with Crippen LogP contribution in [0.2, 0.25) is 0 Å². The van der Waals surface area contributed by atoms with Gasteiger partial charge in [0.1, 0.15) is 0 Å². The van der Waals surface area contributed by atoms with E-state index in [9.17, 15) is 4.79 Å². The second-order valence-corrected chi connectivity index (χ2v) is 5.04. The average Bonchev–Trinajstić information content (AvgIpc) is 2.78. The van der Waals surface area contributed by atoms with Gasteiger partial charge in [-0.15, -0.1) is 0 Å². The molecule has 0 spiro atoms. The molecule has 0 aliphatic rings. The van der Waals surface area contributed by atoms with Gasteiger partial charge in [-0.2, -0.15) is 5.10 Å². The van der Waals surface area contributed by atoms with Crippen LogP contribution in [0, 0.1) is 0 Å². The number of rotatable bonds is 7. The monoisotopic (exact) mass is 251 g/mol. The number of aromatic nitrogens is 2. The summed E-state index contributed by atoms with van der Waals surface area (Å²) in [4.78, 5) is 14.6. The fraction of sp³-hybridized carbons (Fsp3) is 0.714. The first-order chi connectivity index (χ1) is 8.45. The van der Waals surface area contributed by atoms with Gasteiger partial charge in [0.25, 0.3) is 0 Å². The third-order valence-corrected chi connectivity index (χ3v) is 3.61. The molecule has 0 saturated heterocycles. The van der Waals surface area contributed by atoms with Crippen LogP contribution in [-0.2, 0) is 17.8 Å². The largest absolute Gasteiger partial charge is 0.297 e. The molecule has 0 aliphatic carbocycles. The van der Waals surface area contributed by atoms with E-state index in [0.717, 1.165) is 25.2 Å². The summed E-state index contributed by atoms with van der Waals surface area (Å²) < 4.78 is 1.85. The van der Waals surface area contributed by atoms with Crippen molar-refractivity contribution < 1.29 is 4.79 Å². The number of hydrogen-bond donors (Lipinski definition) is 0. The Kier molecular flexibility index (Phi) is 5.08. The lowest BCUT2D eigenvalue weighted by atomic mass is 9.92. The fourth-order valence-electron chi connectivity index (χ4n) is 2.26. The number of Topliss-reactive ketones (excluding diaryl/α,β-unsaturated/α-hetero) is 1. The molecule has 1 rings (SSSR count). The van der Waals surface area contributed by atoms with Crippen molar-refractivity contribution in [3.8, 4) is 0 Å². The van der Waals surface area contributed by atoms with Gasteiger partial charge in [0.05, 0.1) is 11.7 Å². The molecule has 0 radical (unpaired) electrons. The highest BCUT2D eigenvalue weighted by atomic mass is 16.1. The molecule has 102 valence electrons. The maximum atomic E-state index is 12.4. The van der Waals surface area contributed by atoms with Crippen LogP contribution < -0.4 is 0 Å². The first-order valence-corrected chi connectivity index (χ1v) is 6.75. The van der Waals surface area contributed by atoms with Crippen molar-refractivity contribution in [3.63, 3.8) is 0 Å². The van der Waals surface area contributed by atoms with Gasteiger partial charge in [-0.1, -0.05) is 13.8 Å². The molecule has 0 N–H and O–H groups in total. The molecule has 1 aromatic rings. The molecule has 0 fully saturated rings. The van der Waals surface area contributed by atoms with Crippen molar-refractivity contribution in [2.24, 2.45) is 0 Å². The molecule has 1 aromatic heterocycles. The van der Waals surface area contributed by atoms with E-state index in [2.05, 4.69) is 23.8 Å². The quantitative estimate of drug-likeness (QED) is 0.745. The van der Waals surface area contributed by atoms with E-state index < -0.39 is 5.54 Å². The summed E-state index contributed by atoms with van der Waals surface area (Å²) in [5.74, 6) is 0.252. The van der Waals surface area contributed by atoms with E-state index >= 15 is 0 Å². The predicted molar refractivity (Wildman–Crippen MR) is 73.6 cm³/mol. The molecular formula is C14H25N3O. The number of carbonyl (C=O) groups is 1. The van der Waals surface area contributed by atoms with E-state index in [0.29, 0.717) is 6.42 Å². The topological polar surface area (TPSA) is 38.1 Å². The van der Waals surface area contributed by atoms with Gasteiger partial charge < -0.3 is 0 Å². The number of likely N-dealkylation sites (N-methyl/N-ethyl adjacent to an activating group) is 1. The Balaban J connectivity index is 2.74. The molecule has 4 nitrogen and oxygen atoms in total. The lowest BCUT2D eigenvalue weighted by Gasteiger charge is -2.35. The van der Waals surface area contributed by atoms with Gasteiger partial charge in [0.2, 0.25) is 0 Å². The van der Waals surface area contributed by atoms with Crippen LogP contribution in [0.1, 0.15) is 40.2 Å². The summed E-state index contributed by atoms with van der Waals surface area (Å²) in [5.41, 5.74) is 0.597. The smallest absolute Gasteiger partial charge is 0.156 e. The molecule has 0 unspecified atom stereocenters. The van der Waals surface area contributed by atoms with Crippen LogP contribution in [0.3, 0.4) is 0 Å². The molecule has 0 saturated carbocycles. The van der Waals surface area contributed by atoms with Gasteiger partial charge in [-0.25, -0.2) is 0 Å². The Morgan fingerprint density at radius 2 is 1.94 bits per heavy atom. The zero-order chi connectivity index (χ0) is 13.8. The minimum absolute atomic E-state index is 0.252. The second-order valence-electron chi connectivity index (χ2n) is 5.04. The molecule has 4 heteroatoms. The molecule has 0 atom stereocenters. The van der Waals surface area contributed by atoms with Gasteiger partial charge in [-0.05, 0) is 39.4 Å². The van der Waals surface area contributed by atoms with Crippen LogP contribution in [0.15, 0.2) is 12.4 Å². The first-order valence-electron chi connectivity index (χ1n) is 6.75. The number of nitrogens with zero attached hydrogens (tertiary/aromatic N) is 3. The molecule has 0 aromatic carbocycles. The minimum Gasteiger partial charge on any atom is -0.297 e. The molecular weight excluding hydrogens is 226 g/mol. The van der Waals surface area contributed by atoms with Crippen LogP contribution in [0.5, 0.6) is 0 Å². The first kappa shape index (κ1) is 14.9. The van der Waals surface area contributed by atoms with Crippen molar-refractivity contribution >= 4 is 5.78 Å². The molecule has 0 aliphatic heterocycles. The van der Waals surface area contributed by atoms with Crippen LogP contribution in [-0.4, -0.2) is 39.1 Å². The summed E-state index contributed by atoms with van der Waals surface area (Å²) in [7, 11) is 0. The molecule has 0 bridgehead atoms. The Bertz CT molecular complexity index is 391. The van der Waals surface area contributed by atoms with Crippen LogP contribution >= 0.6 is 0 Å². The van der Waals surface area contributed by atoms with Gasteiger partial charge in [0.15, 0.2) is 5.78 Å². The number of carbonyl (C=O) groups excluding carboxylic acids is 1. The van der Waals surface area contributed by atoms with E-state index in [1.54, 1.807) is 6.20 Å². The van der Waals surface area contributed by atoms with Gasteiger partial charge in [-0.3, -0.25) is 14.4 Å². The Hall–Kier alpha value is -1.16. The predicted octanol–water partition coefficient (Wildman–Crippen LogP) is 2.13.